The highest BCUT2D eigenvalue weighted by Crippen LogP contribution is 2.30. The highest BCUT2D eigenvalue weighted by molar-refractivity contribution is 5.92. The molecule has 1 aliphatic heterocycles. The van der Waals surface area contributed by atoms with Crippen molar-refractivity contribution in [2.75, 3.05) is 11.9 Å². The van der Waals surface area contributed by atoms with Crippen LogP contribution in [0.4, 0.5) is 24.7 Å². The Hall–Kier alpha value is -2.64. The molecule has 8 heteroatoms. The minimum Gasteiger partial charge on any atom is -0.339 e. The predicted molar refractivity (Wildman–Crippen MR) is 95.7 cm³/mol. The van der Waals surface area contributed by atoms with E-state index in [0.29, 0.717) is 11.5 Å². The number of piperidine rings is 1. The van der Waals surface area contributed by atoms with Gasteiger partial charge in [0.15, 0.2) is 11.5 Å². The first-order valence-corrected chi connectivity index (χ1v) is 8.97. The zero-order valence-corrected chi connectivity index (χ0v) is 15.0. The summed E-state index contributed by atoms with van der Waals surface area (Å²) in [5.41, 5.74) is 0.0128. The molecule has 0 spiro atoms. The first-order valence-electron chi connectivity index (χ1n) is 8.97. The molecule has 1 saturated heterocycles. The number of anilines is 2. The molecule has 1 unspecified atom stereocenters. The minimum atomic E-state index is -4.37. The zero-order chi connectivity index (χ0) is 19.4. The van der Waals surface area contributed by atoms with Gasteiger partial charge in [0.25, 0.3) is 5.91 Å². The Kier molecular flexibility index (Phi) is 5.62. The Bertz CT molecular complexity index is 775. The van der Waals surface area contributed by atoms with Crippen molar-refractivity contribution in [2.45, 2.75) is 44.8 Å². The van der Waals surface area contributed by atoms with Crippen LogP contribution in [0.1, 0.15) is 48.7 Å². The van der Waals surface area contributed by atoms with Gasteiger partial charge in [-0.15, -0.1) is 10.2 Å². The molecule has 0 radical (unpaired) electrons. The van der Waals surface area contributed by atoms with E-state index < -0.39 is 11.7 Å². The van der Waals surface area contributed by atoms with Crippen LogP contribution in [-0.2, 0) is 6.18 Å². The lowest BCUT2D eigenvalue weighted by molar-refractivity contribution is -0.137. The van der Waals surface area contributed by atoms with E-state index in [4.69, 9.17) is 0 Å². The average Bonchev–Trinajstić information content (AvgIpc) is 2.68. The van der Waals surface area contributed by atoms with Crippen LogP contribution in [0.3, 0.4) is 0 Å². The maximum absolute atomic E-state index is 12.7. The van der Waals surface area contributed by atoms with Gasteiger partial charge in [-0.3, -0.25) is 4.79 Å². The molecule has 1 amide bonds. The van der Waals surface area contributed by atoms with Crippen LogP contribution in [0, 0.1) is 0 Å². The SMILES string of the molecule is CCC1CCCCN1C(=O)c1ccc(Nc2ccc(C(F)(F)F)cc2)nn1. The predicted octanol–water partition coefficient (Wildman–Crippen LogP) is 4.64. The summed E-state index contributed by atoms with van der Waals surface area (Å²) in [6.07, 6.45) is -0.339. The molecule has 0 bridgehead atoms. The van der Waals surface area contributed by atoms with Gasteiger partial charge in [-0.2, -0.15) is 13.2 Å². The van der Waals surface area contributed by atoms with E-state index in [-0.39, 0.29) is 17.6 Å². The highest BCUT2D eigenvalue weighted by Gasteiger charge is 2.30. The van der Waals surface area contributed by atoms with Gasteiger partial charge in [-0.05, 0) is 62.1 Å². The monoisotopic (exact) mass is 378 g/mol. The number of alkyl halides is 3. The van der Waals surface area contributed by atoms with Gasteiger partial charge in [0, 0.05) is 18.3 Å². The van der Waals surface area contributed by atoms with Gasteiger partial charge in [0.05, 0.1) is 5.56 Å². The first-order chi connectivity index (χ1) is 12.9. The summed E-state index contributed by atoms with van der Waals surface area (Å²) < 4.78 is 37.8. The molecule has 144 valence electrons. The fraction of sp³-hybridized carbons (Fsp3) is 0.421. The summed E-state index contributed by atoms with van der Waals surface area (Å²) in [4.78, 5) is 14.5. The van der Waals surface area contributed by atoms with E-state index in [9.17, 15) is 18.0 Å². The lowest BCUT2D eigenvalue weighted by Crippen LogP contribution is -2.43. The van der Waals surface area contributed by atoms with Crippen LogP contribution in [0.15, 0.2) is 36.4 Å². The third-order valence-corrected chi connectivity index (χ3v) is 4.73. The summed E-state index contributed by atoms with van der Waals surface area (Å²) >= 11 is 0. The summed E-state index contributed by atoms with van der Waals surface area (Å²) in [6.45, 7) is 2.80. The number of likely N-dealkylation sites (tertiary alicyclic amines) is 1. The maximum atomic E-state index is 12.7. The van der Waals surface area contributed by atoms with Gasteiger partial charge in [0.2, 0.25) is 0 Å². The quantitative estimate of drug-likeness (QED) is 0.842. The number of carbonyl (C=O) groups is 1. The number of halogens is 3. The Morgan fingerprint density at radius 1 is 1.15 bits per heavy atom. The maximum Gasteiger partial charge on any atom is 0.416 e. The molecule has 1 aliphatic rings. The molecule has 0 saturated carbocycles. The molecule has 5 nitrogen and oxygen atoms in total. The Morgan fingerprint density at radius 3 is 2.48 bits per heavy atom. The normalized spacial score (nSPS) is 17.6. The fourth-order valence-corrected chi connectivity index (χ4v) is 3.24. The van der Waals surface area contributed by atoms with Crippen LogP contribution in [0.25, 0.3) is 0 Å². The van der Waals surface area contributed by atoms with E-state index in [1.54, 1.807) is 12.1 Å². The molecule has 1 aromatic heterocycles. The second-order valence-corrected chi connectivity index (χ2v) is 6.56. The fourth-order valence-electron chi connectivity index (χ4n) is 3.24. The van der Waals surface area contributed by atoms with E-state index in [1.165, 1.54) is 12.1 Å². The van der Waals surface area contributed by atoms with Crippen LogP contribution >= 0.6 is 0 Å². The number of rotatable bonds is 4. The summed E-state index contributed by atoms with van der Waals surface area (Å²) in [5.74, 6) is 0.229. The number of amides is 1. The van der Waals surface area contributed by atoms with Gasteiger partial charge >= 0.3 is 6.18 Å². The molecular weight excluding hydrogens is 357 g/mol. The van der Waals surface area contributed by atoms with Gasteiger partial charge in [0.1, 0.15) is 0 Å². The Balaban J connectivity index is 1.67. The molecule has 3 rings (SSSR count). The van der Waals surface area contributed by atoms with E-state index in [2.05, 4.69) is 22.4 Å². The molecule has 27 heavy (non-hydrogen) atoms. The lowest BCUT2D eigenvalue weighted by Gasteiger charge is -2.34. The second-order valence-electron chi connectivity index (χ2n) is 6.56. The molecule has 2 aromatic rings. The lowest BCUT2D eigenvalue weighted by atomic mass is 9.99. The summed E-state index contributed by atoms with van der Waals surface area (Å²) in [6, 6.07) is 8.06. The van der Waals surface area contributed by atoms with Crippen molar-refractivity contribution in [3.05, 3.63) is 47.7 Å². The minimum absolute atomic E-state index is 0.130. The summed E-state index contributed by atoms with van der Waals surface area (Å²) in [7, 11) is 0. The van der Waals surface area contributed by atoms with Crippen LogP contribution in [-0.4, -0.2) is 33.6 Å². The molecule has 1 N–H and O–H groups in total. The molecule has 1 fully saturated rings. The molecule has 0 aliphatic carbocycles. The molecule has 1 atom stereocenters. The van der Waals surface area contributed by atoms with Gasteiger partial charge in [-0.1, -0.05) is 6.92 Å². The number of hydrogen-bond acceptors (Lipinski definition) is 4. The first kappa shape index (κ1) is 19.1. The van der Waals surface area contributed by atoms with Crippen molar-refractivity contribution in [1.82, 2.24) is 15.1 Å². The van der Waals surface area contributed by atoms with Crippen molar-refractivity contribution in [2.24, 2.45) is 0 Å². The Morgan fingerprint density at radius 2 is 1.89 bits per heavy atom. The average molecular weight is 378 g/mol. The van der Waals surface area contributed by atoms with Crippen molar-refractivity contribution >= 4 is 17.4 Å². The largest absolute Gasteiger partial charge is 0.416 e. The second kappa shape index (κ2) is 7.94. The third-order valence-electron chi connectivity index (χ3n) is 4.73. The van der Waals surface area contributed by atoms with E-state index in [0.717, 1.165) is 44.4 Å². The van der Waals surface area contributed by atoms with Crippen molar-refractivity contribution in [3.8, 4) is 0 Å². The third kappa shape index (κ3) is 4.56. The number of hydrogen-bond donors (Lipinski definition) is 1. The summed E-state index contributed by atoms with van der Waals surface area (Å²) in [5, 5.41) is 10.9. The zero-order valence-electron chi connectivity index (χ0n) is 15.0. The van der Waals surface area contributed by atoms with Crippen LogP contribution < -0.4 is 5.32 Å². The van der Waals surface area contributed by atoms with Crippen molar-refractivity contribution in [1.29, 1.82) is 0 Å². The van der Waals surface area contributed by atoms with Crippen LogP contribution in [0.5, 0.6) is 0 Å². The standard InChI is InChI=1S/C19H21F3N4O/c1-2-15-5-3-4-12-26(15)18(27)16-10-11-17(25-24-16)23-14-8-6-13(7-9-14)19(20,21)22/h6-11,15H,2-5,12H2,1H3,(H,23,25). The topological polar surface area (TPSA) is 58.1 Å². The molecular formula is C19H21F3N4O. The number of aromatic nitrogens is 2. The van der Waals surface area contributed by atoms with Crippen LogP contribution in [0.2, 0.25) is 0 Å². The van der Waals surface area contributed by atoms with Crippen molar-refractivity contribution < 1.29 is 18.0 Å². The van der Waals surface area contributed by atoms with Gasteiger partial charge < -0.3 is 10.2 Å². The Labute approximate surface area is 155 Å². The van der Waals surface area contributed by atoms with Gasteiger partial charge in [-0.25, -0.2) is 0 Å². The van der Waals surface area contributed by atoms with Crippen molar-refractivity contribution in [3.63, 3.8) is 0 Å². The number of benzene rings is 1. The highest BCUT2D eigenvalue weighted by atomic mass is 19.4. The number of carbonyl (C=O) groups excluding carboxylic acids is 1. The number of nitrogens with one attached hydrogen (secondary N) is 1. The molecule has 2 heterocycles. The molecule has 1 aromatic carbocycles. The smallest absolute Gasteiger partial charge is 0.339 e. The van der Waals surface area contributed by atoms with E-state index >= 15 is 0 Å². The van der Waals surface area contributed by atoms with E-state index in [1.807, 2.05) is 4.90 Å². The number of nitrogens with zero attached hydrogens (tertiary/aromatic N) is 3.